The van der Waals surface area contributed by atoms with Gasteiger partial charge in [-0.3, -0.25) is 9.59 Å². The summed E-state index contributed by atoms with van der Waals surface area (Å²) in [7, 11) is 0. The highest BCUT2D eigenvalue weighted by atomic mass is 32.1. The number of hydrogen-bond acceptors (Lipinski definition) is 3. The average molecular weight is 354 g/mol. The molecular weight excluding hydrogens is 332 g/mol. The summed E-state index contributed by atoms with van der Waals surface area (Å²) < 4.78 is 0. The third-order valence-corrected chi connectivity index (χ3v) is 5.59. The predicted molar refractivity (Wildman–Crippen MR) is 103 cm³/mol. The van der Waals surface area contributed by atoms with Gasteiger partial charge in [0.2, 0.25) is 5.91 Å². The van der Waals surface area contributed by atoms with Gasteiger partial charge in [0.15, 0.2) is 0 Å². The Balaban J connectivity index is 1.81. The summed E-state index contributed by atoms with van der Waals surface area (Å²) in [4.78, 5) is 25.4. The number of primary amides is 1. The second-order valence-electron chi connectivity index (χ2n) is 6.22. The van der Waals surface area contributed by atoms with Crippen LogP contribution in [0.15, 0.2) is 36.4 Å². The molecule has 1 aliphatic rings. The van der Waals surface area contributed by atoms with Gasteiger partial charge in [-0.15, -0.1) is 11.3 Å². The van der Waals surface area contributed by atoms with E-state index in [1.165, 1.54) is 35.1 Å². The number of amides is 2. The Kier molecular flexibility index (Phi) is 5.66. The average Bonchev–Trinajstić information content (AvgIpc) is 2.90. The lowest BCUT2D eigenvalue weighted by atomic mass is 9.96. The number of nitrogens with two attached hydrogens (primary N) is 1. The van der Waals surface area contributed by atoms with Crippen LogP contribution in [0.3, 0.4) is 0 Å². The molecule has 2 amide bonds. The van der Waals surface area contributed by atoms with E-state index >= 15 is 0 Å². The third-order valence-electron chi connectivity index (χ3n) is 4.38. The highest BCUT2D eigenvalue weighted by Crippen LogP contribution is 2.36. The van der Waals surface area contributed by atoms with Crippen molar-refractivity contribution >= 4 is 34.2 Å². The first-order chi connectivity index (χ1) is 12.1. The minimum absolute atomic E-state index is 0.249. The minimum atomic E-state index is -0.458. The van der Waals surface area contributed by atoms with Crippen LogP contribution in [0, 0.1) is 0 Å². The van der Waals surface area contributed by atoms with Crippen molar-refractivity contribution in [1.82, 2.24) is 0 Å². The molecule has 1 heterocycles. The van der Waals surface area contributed by atoms with E-state index in [9.17, 15) is 9.59 Å². The molecule has 4 nitrogen and oxygen atoms in total. The molecule has 3 rings (SSSR count). The van der Waals surface area contributed by atoms with Crippen molar-refractivity contribution < 1.29 is 9.59 Å². The molecule has 0 saturated heterocycles. The van der Waals surface area contributed by atoms with Crippen molar-refractivity contribution in [1.29, 1.82) is 0 Å². The molecule has 0 unspecified atom stereocenters. The van der Waals surface area contributed by atoms with Crippen LogP contribution in [0.5, 0.6) is 0 Å². The molecule has 3 N–H and O–H groups in total. The Bertz CT molecular complexity index is 794. The molecule has 0 spiro atoms. The van der Waals surface area contributed by atoms with Gasteiger partial charge in [-0.05, 0) is 42.9 Å². The van der Waals surface area contributed by atoms with E-state index in [4.69, 9.17) is 5.73 Å². The molecule has 130 valence electrons. The van der Waals surface area contributed by atoms with Gasteiger partial charge in [0.25, 0.3) is 5.91 Å². The van der Waals surface area contributed by atoms with Crippen molar-refractivity contribution in [3.05, 3.63) is 58.0 Å². The topological polar surface area (TPSA) is 72.2 Å². The summed E-state index contributed by atoms with van der Waals surface area (Å²) in [6.45, 7) is 0. The number of anilines is 1. The van der Waals surface area contributed by atoms with Crippen LogP contribution in [-0.2, 0) is 17.6 Å². The monoisotopic (exact) mass is 354 g/mol. The summed E-state index contributed by atoms with van der Waals surface area (Å²) in [5.41, 5.74) is 8.11. The second kappa shape index (κ2) is 8.12. The highest BCUT2D eigenvalue weighted by Gasteiger charge is 2.23. The van der Waals surface area contributed by atoms with Gasteiger partial charge in [-0.25, -0.2) is 0 Å². The number of hydrogen-bond donors (Lipinski definition) is 2. The molecule has 1 aromatic heterocycles. The van der Waals surface area contributed by atoms with Crippen LogP contribution in [0.2, 0.25) is 0 Å². The number of carbonyl (C=O) groups is 2. The molecular formula is C20H22N2O2S. The van der Waals surface area contributed by atoms with Crippen LogP contribution in [0.1, 0.15) is 52.0 Å². The molecule has 0 fully saturated rings. The van der Waals surface area contributed by atoms with Crippen LogP contribution in [0.25, 0.3) is 6.08 Å². The maximum atomic E-state index is 12.3. The predicted octanol–water partition coefficient (Wildman–Crippen LogP) is 4.16. The zero-order valence-corrected chi connectivity index (χ0v) is 14.9. The summed E-state index contributed by atoms with van der Waals surface area (Å²) in [6.07, 6.45) is 9.62. The van der Waals surface area contributed by atoms with Crippen LogP contribution >= 0.6 is 11.3 Å². The number of rotatable bonds is 4. The second-order valence-corrected chi connectivity index (χ2v) is 7.32. The molecule has 2 aromatic rings. The lowest BCUT2D eigenvalue weighted by molar-refractivity contribution is -0.111. The number of aryl methyl sites for hydroxylation is 1. The number of benzene rings is 1. The van der Waals surface area contributed by atoms with Crippen molar-refractivity contribution in [2.75, 3.05) is 5.32 Å². The van der Waals surface area contributed by atoms with Gasteiger partial charge < -0.3 is 11.1 Å². The van der Waals surface area contributed by atoms with Crippen molar-refractivity contribution in [3.8, 4) is 0 Å². The first kappa shape index (κ1) is 17.4. The molecule has 25 heavy (non-hydrogen) atoms. The van der Waals surface area contributed by atoms with Gasteiger partial charge in [-0.1, -0.05) is 43.2 Å². The highest BCUT2D eigenvalue weighted by molar-refractivity contribution is 7.17. The standard InChI is InChI=1S/C20H22N2O2S/c21-19(24)18-15-10-6-1-2-7-11-16(15)25-20(18)22-17(23)13-12-14-8-4-3-5-9-14/h3-5,8-9,12-13H,1-2,6-7,10-11H2,(H2,21,24)(H,22,23)/b13-12+. The molecule has 0 saturated carbocycles. The normalized spacial score (nSPS) is 14.6. The third kappa shape index (κ3) is 4.37. The van der Waals surface area contributed by atoms with Crippen LogP contribution in [0.4, 0.5) is 5.00 Å². The Morgan fingerprint density at radius 3 is 2.48 bits per heavy atom. The first-order valence-corrected chi connectivity index (χ1v) is 9.45. The van der Waals surface area contributed by atoms with E-state index < -0.39 is 5.91 Å². The zero-order chi connectivity index (χ0) is 17.6. The van der Waals surface area contributed by atoms with E-state index in [2.05, 4.69) is 5.32 Å². The summed E-state index contributed by atoms with van der Waals surface area (Å²) in [6, 6.07) is 9.62. The summed E-state index contributed by atoms with van der Waals surface area (Å²) in [5, 5.41) is 3.44. The smallest absolute Gasteiger partial charge is 0.251 e. The van der Waals surface area contributed by atoms with Gasteiger partial charge in [0, 0.05) is 11.0 Å². The van der Waals surface area contributed by atoms with E-state index in [0.717, 1.165) is 36.8 Å². The Labute approximate surface area is 151 Å². The molecule has 5 heteroatoms. The maximum Gasteiger partial charge on any atom is 0.251 e. The fourth-order valence-electron chi connectivity index (χ4n) is 3.16. The van der Waals surface area contributed by atoms with E-state index in [-0.39, 0.29) is 5.91 Å². The van der Waals surface area contributed by atoms with Crippen LogP contribution in [-0.4, -0.2) is 11.8 Å². The summed E-state index contributed by atoms with van der Waals surface area (Å²) in [5.74, 6) is -0.707. The van der Waals surface area contributed by atoms with Crippen molar-refractivity contribution in [3.63, 3.8) is 0 Å². The van der Waals surface area contributed by atoms with Crippen molar-refractivity contribution in [2.24, 2.45) is 5.73 Å². The Hall–Kier alpha value is -2.40. The quantitative estimate of drug-likeness (QED) is 0.809. The lowest BCUT2D eigenvalue weighted by Gasteiger charge is -2.10. The first-order valence-electron chi connectivity index (χ1n) is 8.63. The van der Waals surface area contributed by atoms with Crippen molar-refractivity contribution in [2.45, 2.75) is 38.5 Å². The van der Waals surface area contributed by atoms with E-state index in [1.54, 1.807) is 6.08 Å². The molecule has 1 aromatic carbocycles. The zero-order valence-electron chi connectivity index (χ0n) is 14.1. The number of carbonyl (C=O) groups excluding carboxylic acids is 2. The van der Waals surface area contributed by atoms with Gasteiger partial charge in [-0.2, -0.15) is 0 Å². The maximum absolute atomic E-state index is 12.3. The van der Waals surface area contributed by atoms with E-state index in [0.29, 0.717) is 10.6 Å². The Morgan fingerprint density at radius 1 is 1.04 bits per heavy atom. The number of fused-ring (bicyclic) bond motifs is 1. The largest absolute Gasteiger partial charge is 0.365 e. The molecule has 0 atom stereocenters. The van der Waals surface area contributed by atoms with Crippen LogP contribution < -0.4 is 11.1 Å². The Morgan fingerprint density at radius 2 is 1.76 bits per heavy atom. The van der Waals surface area contributed by atoms with Gasteiger partial charge in [0.05, 0.1) is 5.56 Å². The number of nitrogens with one attached hydrogen (secondary N) is 1. The van der Waals surface area contributed by atoms with Gasteiger partial charge in [0.1, 0.15) is 5.00 Å². The fraction of sp³-hybridized carbons (Fsp3) is 0.300. The molecule has 1 aliphatic carbocycles. The summed E-state index contributed by atoms with van der Waals surface area (Å²) >= 11 is 1.50. The molecule has 0 aliphatic heterocycles. The SMILES string of the molecule is NC(=O)c1c(NC(=O)/C=C/c2ccccc2)sc2c1CCCCCC2. The molecule has 0 radical (unpaired) electrons. The molecule has 0 bridgehead atoms. The van der Waals surface area contributed by atoms with Gasteiger partial charge >= 0.3 is 0 Å². The fourth-order valence-corrected chi connectivity index (χ4v) is 4.46. The minimum Gasteiger partial charge on any atom is -0.365 e. The van der Waals surface area contributed by atoms with E-state index in [1.807, 2.05) is 30.3 Å². The number of thiophene rings is 1. The lowest BCUT2D eigenvalue weighted by Crippen LogP contribution is -2.17.